The molecule has 0 radical (unpaired) electrons. The third kappa shape index (κ3) is 4.35. The Morgan fingerprint density at radius 2 is 1.94 bits per heavy atom. The fraction of sp³-hybridized carbons (Fsp3) is 0.750. The maximum absolute atomic E-state index is 11.8. The Kier molecular flexibility index (Phi) is 4.32. The zero-order valence-electron chi connectivity index (χ0n) is 11.2. The lowest BCUT2D eigenvalue weighted by Gasteiger charge is -2.32. The molecule has 1 saturated heterocycles. The summed E-state index contributed by atoms with van der Waals surface area (Å²) in [6.07, 6.45) is -1.19. The number of ketones is 1. The molecule has 0 N–H and O–H groups in total. The van der Waals surface area contributed by atoms with Crippen molar-refractivity contribution in [3.8, 4) is 0 Å². The summed E-state index contributed by atoms with van der Waals surface area (Å²) in [7, 11) is 0. The number of likely N-dealkylation sites (tertiary alicyclic amines) is 1. The number of piperidine rings is 1. The van der Waals surface area contributed by atoms with Gasteiger partial charge >= 0.3 is 12.1 Å². The zero-order chi connectivity index (χ0) is 13.9. The van der Waals surface area contributed by atoms with Crippen LogP contribution in [0.25, 0.3) is 0 Å². The van der Waals surface area contributed by atoms with E-state index in [2.05, 4.69) is 0 Å². The van der Waals surface area contributed by atoms with Crippen molar-refractivity contribution >= 4 is 17.8 Å². The van der Waals surface area contributed by atoms with Crippen LogP contribution >= 0.6 is 0 Å². The Morgan fingerprint density at radius 1 is 1.33 bits per heavy atom. The van der Waals surface area contributed by atoms with Gasteiger partial charge in [-0.05, 0) is 20.8 Å². The van der Waals surface area contributed by atoms with E-state index in [-0.39, 0.29) is 18.7 Å². The quantitative estimate of drug-likeness (QED) is 0.658. The first-order chi connectivity index (χ1) is 8.19. The summed E-state index contributed by atoms with van der Waals surface area (Å²) in [4.78, 5) is 35.6. The summed E-state index contributed by atoms with van der Waals surface area (Å²) >= 11 is 0. The molecular formula is C12H19NO5. The highest BCUT2D eigenvalue weighted by Gasteiger charge is 2.33. The van der Waals surface area contributed by atoms with Gasteiger partial charge in [-0.15, -0.1) is 0 Å². The van der Waals surface area contributed by atoms with Crippen molar-refractivity contribution in [2.75, 3.05) is 13.1 Å². The number of carbonyl (C=O) groups excluding carboxylic acids is 3. The van der Waals surface area contributed by atoms with E-state index in [9.17, 15) is 14.4 Å². The van der Waals surface area contributed by atoms with Crippen molar-refractivity contribution in [3.63, 3.8) is 0 Å². The molecular weight excluding hydrogens is 238 g/mol. The predicted molar refractivity (Wildman–Crippen MR) is 63.0 cm³/mol. The fourth-order valence-corrected chi connectivity index (χ4v) is 1.60. The van der Waals surface area contributed by atoms with E-state index < -0.39 is 23.8 Å². The molecule has 1 amide bonds. The minimum Gasteiger partial charge on any atom is -0.453 e. The first-order valence-corrected chi connectivity index (χ1v) is 5.87. The average molecular weight is 257 g/mol. The molecule has 1 heterocycles. The van der Waals surface area contributed by atoms with Gasteiger partial charge in [0.05, 0.1) is 6.54 Å². The molecule has 6 heteroatoms. The molecule has 1 aliphatic rings. The van der Waals surface area contributed by atoms with Crippen LogP contribution in [0, 0.1) is 0 Å². The van der Waals surface area contributed by atoms with Crippen molar-refractivity contribution in [1.82, 2.24) is 4.90 Å². The molecule has 0 aromatic heterocycles. The average Bonchev–Trinajstić information content (AvgIpc) is 2.17. The van der Waals surface area contributed by atoms with Crippen LogP contribution in [0.2, 0.25) is 0 Å². The highest BCUT2D eigenvalue weighted by Crippen LogP contribution is 2.15. The number of amides is 1. The second kappa shape index (κ2) is 5.37. The summed E-state index contributed by atoms with van der Waals surface area (Å²) in [6, 6.07) is 0. The lowest BCUT2D eigenvalue weighted by molar-refractivity contribution is -0.156. The molecule has 0 aliphatic carbocycles. The Bertz CT molecular complexity index is 358. The van der Waals surface area contributed by atoms with Gasteiger partial charge in [0.2, 0.25) is 0 Å². The van der Waals surface area contributed by atoms with E-state index in [1.807, 2.05) is 0 Å². The van der Waals surface area contributed by atoms with Crippen molar-refractivity contribution in [3.05, 3.63) is 0 Å². The van der Waals surface area contributed by atoms with Crippen molar-refractivity contribution in [2.24, 2.45) is 0 Å². The number of hydrogen-bond donors (Lipinski definition) is 0. The molecule has 1 atom stereocenters. The zero-order valence-corrected chi connectivity index (χ0v) is 11.2. The largest absolute Gasteiger partial charge is 0.453 e. The molecule has 1 rings (SSSR count). The maximum atomic E-state index is 11.8. The third-order valence-electron chi connectivity index (χ3n) is 2.33. The fourth-order valence-electron chi connectivity index (χ4n) is 1.60. The molecule has 0 aromatic rings. The monoisotopic (exact) mass is 257 g/mol. The third-order valence-corrected chi connectivity index (χ3v) is 2.33. The van der Waals surface area contributed by atoms with Crippen LogP contribution in [0.1, 0.15) is 34.1 Å². The first kappa shape index (κ1) is 14.5. The van der Waals surface area contributed by atoms with Crippen LogP contribution in [0.4, 0.5) is 4.79 Å². The van der Waals surface area contributed by atoms with Gasteiger partial charge in [-0.1, -0.05) is 0 Å². The summed E-state index contributed by atoms with van der Waals surface area (Å²) in [5.74, 6) is -0.690. The molecule has 0 unspecified atom stereocenters. The van der Waals surface area contributed by atoms with E-state index >= 15 is 0 Å². The summed E-state index contributed by atoms with van der Waals surface area (Å²) in [6.45, 7) is 6.90. The van der Waals surface area contributed by atoms with E-state index in [1.165, 1.54) is 11.8 Å². The lowest BCUT2D eigenvalue weighted by Crippen LogP contribution is -2.49. The summed E-state index contributed by atoms with van der Waals surface area (Å²) < 4.78 is 10.1. The molecule has 18 heavy (non-hydrogen) atoms. The minimum atomic E-state index is -0.872. The van der Waals surface area contributed by atoms with Gasteiger partial charge in [0.1, 0.15) is 5.60 Å². The maximum Gasteiger partial charge on any atom is 0.410 e. The van der Waals surface area contributed by atoms with E-state index in [1.54, 1.807) is 20.8 Å². The number of carbonyl (C=O) groups is 3. The van der Waals surface area contributed by atoms with Crippen LogP contribution in [-0.4, -0.2) is 47.5 Å². The number of nitrogens with zero attached hydrogens (tertiary/aromatic N) is 1. The van der Waals surface area contributed by atoms with E-state index in [0.717, 1.165) is 0 Å². The molecule has 1 aliphatic heterocycles. The van der Waals surface area contributed by atoms with Crippen LogP contribution < -0.4 is 0 Å². The molecule has 102 valence electrons. The number of esters is 1. The standard InChI is InChI=1S/C12H19NO5/c1-8(14)17-10-7-13(6-5-9(10)15)11(16)18-12(2,3)4/h10H,5-7H2,1-4H3/t10-/m1/s1. The highest BCUT2D eigenvalue weighted by molar-refractivity contribution is 5.87. The Labute approximate surface area is 106 Å². The smallest absolute Gasteiger partial charge is 0.410 e. The number of ether oxygens (including phenoxy) is 2. The predicted octanol–water partition coefficient (Wildman–Crippen LogP) is 1.13. The van der Waals surface area contributed by atoms with E-state index in [4.69, 9.17) is 9.47 Å². The number of Topliss-reactive ketones (excluding diaryl/α,β-unsaturated/α-hetero) is 1. The molecule has 0 spiro atoms. The van der Waals surface area contributed by atoms with Gasteiger partial charge in [-0.2, -0.15) is 0 Å². The summed E-state index contributed by atoms with van der Waals surface area (Å²) in [5.41, 5.74) is -0.588. The van der Waals surface area contributed by atoms with E-state index in [0.29, 0.717) is 6.54 Å². The minimum absolute atomic E-state index is 0.0628. The molecule has 0 saturated carbocycles. The Balaban J connectivity index is 2.61. The normalized spacial score (nSPS) is 20.6. The van der Waals surface area contributed by atoms with Crippen molar-refractivity contribution < 1.29 is 23.9 Å². The first-order valence-electron chi connectivity index (χ1n) is 5.87. The van der Waals surface area contributed by atoms with Gasteiger partial charge in [-0.25, -0.2) is 4.79 Å². The molecule has 0 bridgehead atoms. The van der Waals surface area contributed by atoms with Crippen LogP contribution in [0.3, 0.4) is 0 Å². The SMILES string of the molecule is CC(=O)O[C@@H]1CN(C(=O)OC(C)(C)C)CCC1=O. The summed E-state index contributed by atoms with van der Waals surface area (Å²) in [5, 5.41) is 0. The van der Waals surface area contributed by atoms with Crippen LogP contribution in [0.15, 0.2) is 0 Å². The molecule has 1 fully saturated rings. The number of hydrogen-bond acceptors (Lipinski definition) is 5. The lowest BCUT2D eigenvalue weighted by atomic mass is 10.1. The highest BCUT2D eigenvalue weighted by atomic mass is 16.6. The Hall–Kier alpha value is -1.59. The van der Waals surface area contributed by atoms with Crippen LogP contribution in [0.5, 0.6) is 0 Å². The van der Waals surface area contributed by atoms with Crippen LogP contribution in [-0.2, 0) is 19.1 Å². The topological polar surface area (TPSA) is 72.9 Å². The van der Waals surface area contributed by atoms with Crippen molar-refractivity contribution in [2.45, 2.75) is 45.8 Å². The molecule has 6 nitrogen and oxygen atoms in total. The van der Waals surface area contributed by atoms with Gasteiger partial charge in [0.25, 0.3) is 0 Å². The van der Waals surface area contributed by atoms with Gasteiger partial charge in [0.15, 0.2) is 11.9 Å². The second-order valence-electron chi connectivity index (χ2n) is 5.24. The van der Waals surface area contributed by atoms with Crippen molar-refractivity contribution in [1.29, 1.82) is 0 Å². The van der Waals surface area contributed by atoms with Gasteiger partial charge < -0.3 is 14.4 Å². The van der Waals surface area contributed by atoms with Gasteiger partial charge in [0, 0.05) is 19.9 Å². The van der Waals surface area contributed by atoms with Gasteiger partial charge in [-0.3, -0.25) is 9.59 Å². The number of rotatable bonds is 1. The molecule has 0 aromatic carbocycles. The second-order valence-corrected chi connectivity index (χ2v) is 5.24. The Morgan fingerprint density at radius 3 is 2.44 bits per heavy atom.